The maximum Gasteiger partial charge on any atom is 0.195 e. The van der Waals surface area contributed by atoms with Crippen LogP contribution in [0.1, 0.15) is 0 Å². The first-order chi connectivity index (χ1) is 12.8. The molecular formula is C20H13ClN4S. The van der Waals surface area contributed by atoms with E-state index in [1.165, 1.54) is 0 Å². The van der Waals surface area contributed by atoms with E-state index in [1.807, 2.05) is 52.4 Å². The van der Waals surface area contributed by atoms with Gasteiger partial charge in [-0.1, -0.05) is 72.3 Å². The van der Waals surface area contributed by atoms with Gasteiger partial charge >= 0.3 is 0 Å². The van der Waals surface area contributed by atoms with E-state index < -0.39 is 0 Å². The number of H-pyrrole nitrogens is 1. The Morgan fingerprint density at radius 1 is 0.885 bits per heavy atom. The van der Waals surface area contributed by atoms with Gasteiger partial charge in [0.05, 0.1) is 11.4 Å². The number of fused-ring (bicyclic) bond motifs is 1. The lowest BCUT2D eigenvalue weighted by Crippen LogP contribution is -1.87. The van der Waals surface area contributed by atoms with E-state index in [0.717, 1.165) is 33.2 Å². The van der Waals surface area contributed by atoms with Crippen LogP contribution in [0.3, 0.4) is 0 Å². The number of halogens is 1. The predicted octanol–water partition coefficient (Wildman–Crippen LogP) is 5.77. The van der Waals surface area contributed by atoms with Crippen LogP contribution >= 0.6 is 22.9 Å². The number of rotatable bonds is 3. The summed E-state index contributed by atoms with van der Waals surface area (Å²) in [6.07, 6.45) is 1.96. The predicted molar refractivity (Wildman–Crippen MR) is 107 cm³/mol. The molecule has 0 unspecified atom stereocenters. The topological polar surface area (TPSA) is 46.0 Å². The van der Waals surface area contributed by atoms with Gasteiger partial charge in [0, 0.05) is 22.7 Å². The van der Waals surface area contributed by atoms with Crippen LogP contribution < -0.4 is 0 Å². The van der Waals surface area contributed by atoms with Gasteiger partial charge in [-0.3, -0.25) is 4.40 Å². The van der Waals surface area contributed by atoms with Crippen LogP contribution in [0.4, 0.5) is 0 Å². The second kappa shape index (κ2) is 6.12. The highest BCUT2D eigenvalue weighted by molar-refractivity contribution is 7.15. The van der Waals surface area contributed by atoms with E-state index in [9.17, 15) is 0 Å². The van der Waals surface area contributed by atoms with E-state index in [-0.39, 0.29) is 0 Å². The second-order valence-electron chi connectivity index (χ2n) is 5.85. The molecule has 0 amide bonds. The molecule has 0 atom stereocenters. The third kappa shape index (κ3) is 2.44. The van der Waals surface area contributed by atoms with Gasteiger partial charge in [0.1, 0.15) is 5.69 Å². The van der Waals surface area contributed by atoms with Gasteiger partial charge in [-0.25, -0.2) is 9.97 Å². The molecule has 0 saturated carbocycles. The molecule has 0 bridgehead atoms. The Kier molecular flexibility index (Phi) is 3.62. The van der Waals surface area contributed by atoms with Gasteiger partial charge in [-0.2, -0.15) is 0 Å². The van der Waals surface area contributed by atoms with E-state index in [1.54, 1.807) is 11.3 Å². The highest BCUT2D eigenvalue weighted by Crippen LogP contribution is 2.35. The fraction of sp³-hybridized carbons (Fsp3) is 0. The summed E-state index contributed by atoms with van der Waals surface area (Å²) in [5.41, 5.74) is 4.77. The molecule has 6 heteroatoms. The number of thiazole rings is 1. The molecule has 0 aliphatic heterocycles. The number of hydrogen-bond donors (Lipinski definition) is 1. The number of aromatic amines is 1. The monoisotopic (exact) mass is 376 g/mol. The summed E-state index contributed by atoms with van der Waals surface area (Å²) in [6.45, 7) is 0. The van der Waals surface area contributed by atoms with Gasteiger partial charge in [0.25, 0.3) is 0 Å². The van der Waals surface area contributed by atoms with Gasteiger partial charge < -0.3 is 4.98 Å². The summed E-state index contributed by atoms with van der Waals surface area (Å²) in [5.74, 6) is 0.707. The Morgan fingerprint density at radius 2 is 1.58 bits per heavy atom. The van der Waals surface area contributed by atoms with Crippen molar-refractivity contribution < 1.29 is 0 Å². The average molecular weight is 377 g/mol. The summed E-state index contributed by atoms with van der Waals surface area (Å²) < 4.78 is 1.97. The van der Waals surface area contributed by atoms with E-state index >= 15 is 0 Å². The van der Waals surface area contributed by atoms with Crippen LogP contribution in [0.15, 0.2) is 72.2 Å². The van der Waals surface area contributed by atoms with Crippen molar-refractivity contribution in [1.82, 2.24) is 19.4 Å². The average Bonchev–Trinajstić information content (AvgIpc) is 3.37. The molecule has 0 fully saturated rings. The Morgan fingerprint density at radius 3 is 2.31 bits per heavy atom. The molecule has 5 aromatic rings. The zero-order valence-corrected chi connectivity index (χ0v) is 15.1. The lowest BCUT2D eigenvalue weighted by Gasteiger charge is -2.02. The summed E-state index contributed by atoms with van der Waals surface area (Å²) in [5, 5.41) is 2.44. The van der Waals surface area contributed by atoms with Crippen molar-refractivity contribution in [2.24, 2.45) is 0 Å². The van der Waals surface area contributed by atoms with Crippen LogP contribution in [-0.4, -0.2) is 19.4 Å². The molecule has 0 saturated heterocycles. The zero-order chi connectivity index (χ0) is 17.5. The quantitative estimate of drug-likeness (QED) is 0.434. The molecule has 26 heavy (non-hydrogen) atoms. The molecule has 2 aromatic carbocycles. The van der Waals surface area contributed by atoms with Crippen molar-refractivity contribution in [3.8, 4) is 34.0 Å². The third-order valence-corrected chi connectivity index (χ3v) is 5.28. The van der Waals surface area contributed by atoms with Gasteiger partial charge in [-0.05, 0) is 0 Å². The molecule has 1 N–H and O–H groups in total. The minimum Gasteiger partial charge on any atom is -0.336 e. The minimum absolute atomic E-state index is 0.449. The molecule has 0 radical (unpaired) electrons. The molecule has 0 aliphatic carbocycles. The molecule has 3 heterocycles. The van der Waals surface area contributed by atoms with Crippen molar-refractivity contribution in [3.63, 3.8) is 0 Å². The van der Waals surface area contributed by atoms with Crippen LogP contribution in [0.25, 0.3) is 39.0 Å². The third-order valence-electron chi connectivity index (χ3n) is 4.26. The first-order valence-corrected chi connectivity index (χ1v) is 9.39. The first kappa shape index (κ1) is 15.4. The highest BCUT2D eigenvalue weighted by atomic mass is 35.5. The minimum atomic E-state index is 0.449. The Hall–Kier alpha value is -2.89. The number of aromatic nitrogens is 4. The first-order valence-electron chi connectivity index (χ1n) is 8.13. The maximum atomic E-state index is 6.41. The summed E-state index contributed by atoms with van der Waals surface area (Å²) in [4.78, 5) is 13.6. The molecule has 3 aromatic heterocycles. The van der Waals surface area contributed by atoms with E-state index in [2.05, 4.69) is 34.2 Å². The lowest BCUT2D eigenvalue weighted by atomic mass is 10.1. The van der Waals surface area contributed by atoms with Crippen LogP contribution in [0.5, 0.6) is 0 Å². The van der Waals surface area contributed by atoms with Crippen LogP contribution in [0.2, 0.25) is 5.15 Å². The van der Waals surface area contributed by atoms with Gasteiger partial charge in [-0.15, -0.1) is 11.3 Å². The van der Waals surface area contributed by atoms with Crippen molar-refractivity contribution in [2.45, 2.75) is 0 Å². The van der Waals surface area contributed by atoms with Crippen molar-refractivity contribution in [1.29, 1.82) is 0 Å². The smallest absolute Gasteiger partial charge is 0.195 e. The number of nitrogens with zero attached hydrogens (tertiary/aromatic N) is 3. The molecule has 5 rings (SSSR count). The largest absolute Gasteiger partial charge is 0.336 e. The Bertz CT molecular complexity index is 1130. The van der Waals surface area contributed by atoms with Crippen molar-refractivity contribution in [3.05, 3.63) is 77.4 Å². The molecular weight excluding hydrogens is 364 g/mol. The van der Waals surface area contributed by atoms with Crippen LogP contribution in [-0.2, 0) is 0 Å². The van der Waals surface area contributed by atoms with Crippen molar-refractivity contribution in [2.75, 3.05) is 0 Å². The SMILES string of the molecule is Clc1nc2sccn2c1-c1nc(-c2ccccc2)c(-c2ccccc2)[nH]1. The molecule has 0 aliphatic rings. The normalized spacial score (nSPS) is 11.3. The van der Waals surface area contributed by atoms with E-state index in [0.29, 0.717) is 11.0 Å². The number of nitrogens with one attached hydrogen (secondary N) is 1. The molecule has 4 nitrogen and oxygen atoms in total. The summed E-state index contributed by atoms with van der Waals surface area (Å²) in [7, 11) is 0. The second-order valence-corrected chi connectivity index (χ2v) is 7.08. The maximum absolute atomic E-state index is 6.41. The van der Waals surface area contributed by atoms with Crippen LogP contribution in [0, 0.1) is 0 Å². The number of hydrogen-bond acceptors (Lipinski definition) is 3. The number of imidazole rings is 2. The summed E-state index contributed by atoms with van der Waals surface area (Å²) in [6, 6.07) is 20.3. The Balaban J connectivity index is 1.77. The van der Waals surface area contributed by atoms with Crippen molar-refractivity contribution >= 4 is 27.9 Å². The highest BCUT2D eigenvalue weighted by Gasteiger charge is 2.20. The zero-order valence-electron chi connectivity index (χ0n) is 13.6. The van der Waals surface area contributed by atoms with Gasteiger partial charge in [0.2, 0.25) is 0 Å². The van der Waals surface area contributed by atoms with E-state index in [4.69, 9.17) is 16.6 Å². The molecule has 0 spiro atoms. The fourth-order valence-electron chi connectivity index (χ4n) is 3.08. The Labute approximate surface area is 158 Å². The summed E-state index contributed by atoms with van der Waals surface area (Å²) >= 11 is 7.96. The lowest BCUT2D eigenvalue weighted by molar-refractivity contribution is 1.18. The standard InChI is InChI=1S/C20H13ClN4S/c21-18-17(25-11-12-26-20(25)24-18)19-22-15(13-7-3-1-4-8-13)16(23-19)14-9-5-2-6-10-14/h1-12H,(H,22,23). The fourth-order valence-corrected chi connectivity index (χ4v) is 4.10. The number of benzene rings is 2. The van der Waals surface area contributed by atoms with Gasteiger partial charge in [0.15, 0.2) is 15.9 Å². The molecule has 126 valence electrons.